The predicted octanol–water partition coefficient (Wildman–Crippen LogP) is 6.91. The van der Waals surface area contributed by atoms with Gasteiger partial charge < -0.3 is 10.1 Å². The Morgan fingerprint density at radius 1 is 1.19 bits per heavy atom. The Morgan fingerprint density at radius 3 is 2.48 bits per heavy atom. The molecular weight excluding hydrogens is 415 g/mol. The van der Waals surface area contributed by atoms with Crippen LogP contribution in [-0.2, 0) is 6.18 Å². The van der Waals surface area contributed by atoms with Gasteiger partial charge in [0.1, 0.15) is 5.75 Å². The van der Waals surface area contributed by atoms with Crippen molar-refractivity contribution in [3.63, 3.8) is 0 Å². The monoisotopic (exact) mass is 444 g/mol. The first-order valence-electron chi connectivity index (χ1n) is 10.0. The van der Waals surface area contributed by atoms with Gasteiger partial charge >= 0.3 is 12.8 Å². The highest BCUT2D eigenvalue weighted by atomic mass is 19.4. The van der Waals surface area contributed by atoms with Crippen molar-refractivity contribution >= 4 is 5.71 Å². The number of alkyl halides is 5. The Bertz CT molecular complexity index is 824. The van der Waals surface area contributed by atoms with Crippen molar-refractivity contribution in [2.45, 2.75) is 53.3 Å². The Hall–Kier alpha value is -2.64. The van der Waals surface area contributed by atoms with Gasteiger partial charge in [-0.2, -0.15) is 22.0 Å². The van der Waals surface area contributed by atoms with E-state index in [9.17, 15) is 22.0 Å². The number of hydrogen-bond donors (Lipinski definition) is 1. The second-order valence-corrected chi connectivity index (χ2v) is 6.78. The Morgan fingerprint density at radius 2 is 1.90 bits per heavy atom. The van der Waals surface area contributed by atoms with E-state index in [4.69, 9.17) is 0 Å². The smallest absolute Gasteiger partial charge is 0.416 e. The summed E-state index contributed by atoms with van der Waals surface area (Å²) in [5, 5.41) is 3.20. The van der Waals surface area contributed by atoms with Crippen molar-refractivity contribution < 1.29 is 26.7 Å². The molecule has 1 N–H and O–H groups in total. The molecule has 0 saturated carbocycles. The molecule has 8 heteroatoms. The van der Waals surface area contributed by atoms with Gasteiger partial charge in [-0.25, -0.2) is 0 Å². The van der Waals surface area contributed by atoms with Crippen molar-refractivity contribution in [2.24, 2.45) is 4.99 Å². The lowest BCUT2D eigenvalue weighted by Gasteiger charge is -2.16. The molecule has 0 aliphatic heterocycles. The van der Waals surface area contributed by atoms with Gasteiger partial charge in [-0.1, -0.05) is 32.1 Å². The highest BCUT2D eigenvalue weighted by molar-refractivity contribution is 6.14. The number of nitrogens with one attached hydrogen (secondary N) is 1. The third-order valence-corrected chi connectivity index (χ3v) is 4.17. The average molecular weight is 444 g/mol. The third-order valence-electron chi connectivity index (χ3n) is 4.17. The van der Waals surface area contributed by atoms with Crippen LogP contribution in [0, 0.1) is 0 Å². The SMILES string of the molecule is CC/C=C\C=C(/C)C(=NC/C=C(\C)NCCC)c1ccc(C(F)(F)F)cc1OC(F)F. The van der Waals surface area contributed by atoms with Crippen LogP contribution in [0.25, 0.3) is 0 Å². The molecule has 0 fully saturated rings. The van der Waals surface area contributed by atoms with E-state index in [2.05, 4.69) is 15.0 Å². The molecule has 0 amide bonds. The fraction of sp³-hybridized carbons (Fsp3) is 0.435. The first-order valence-corrected chi connectivity index (χ1v) is 10.0. The van der Waals surface area contributed by atoms with E-state index in [1.54, 1.807) is 19.1 Å². The van der Waals surface area contributed by atoms with Crippen LogP contribution >= 0.6 is 0 Å². The molecule has 0 bridgehead atoms. The number of halogens is 5. The molecule has 1 aromatic carbocycles. The zero-order valence-corrected chi connectivity index (χ0v) is 18.2. The van der Waals surface area contributed by atoms with Gasteiger partial charge in [0.05, 0.1) is 17.8 Å². The van der Waals surface area contributed by atoms with E-state index < -0.39 is 24.1 Å². The summed E-state index contributed by atoms with van der Waals surface area (Å²) in [6.07, 6.45) is 4.29. The lowest BCUT2D eigenvalue weighted by molar-refractivity contribution is -0.138. The third kappa shape index (κ3) is 9.36. The summed E-state index contributed by atoms with van der Waals surface area (Å²) >= 11 is 0. The summed E-state index contributed by atoms with van der Waals surface area (Å²) in [5.74, 6) is -0.569. The van der Waals surface area contributed by atoms with Crippen LogP contribution in [0.2, 0.25) is 0 Å². The first kappa shape index (κ1) is 26.4. The summed E-state index contributed by atoms with van der Waals surface area (Å²) in [7, 11) is 0. The molecule has 0 unspecified atom stereocenters. The minimum Gasteiger partial charge on any atom is -0.434 e. The summed E-state index contributed by atoms with van der Waals surface area (Å²) in [6.45, 7) is 5.32. The Labute approximate surface area is 180 Å². The van der Waals surface area contributed by atoms with Gasteiger partial charge in [0.2, 0.25) is 0 Å². The maximum absolute atomic E-state index is 13.1. The number of hydrogen-bond acceptors (Lipinski definition) is 3. The molecule has 0 heterocycles. The minimum absolute atomic E-state index is 0.0690. The van der Waals surface area contributed by atoms with E-state index >= 15 is 0 Å². The van der Waals surface area contributed by atoms with Crippen molar-refractivity contribution in [1.29, 1.82) is 0 Å². The van der Waals surface area contributed by atoms with Gasteiger partial charge in [-0.05, 0) is 56.5 Å². The topological polar surface area (TPSA) is 33.6 Å². The first-order chi connectivity index (χ1) is 14.6. The predicted molar refractivity (Wildman–Crippen MR) is 115 cm³/mol. The summed E-state index contributed by atoms with van der Waals surface area (Å²) in [5.41, 5.74) is 0.785. The van der Waals surface area contributed by atoms with Crippen LogP contribution in [0.5, 0.6) is 5.75 Å². The van der Waals surface area contributed by atoms with Crippen molar-refractivity contribution in [3.05, 3.63) is 64.9 Å². The van der Waals surface area contributed by atoms with Gasteiger partial charge in [0.25, 0.3) is 0 Å². The van der Waals surface area contributed by atoms with Gasteiger partial charge in [0, 0.05) is 17.8 Å². The van der Waals surface area contributed by atoms with E-state index in [0.29, 0.717) is 11.6 Å². The highest BCUT2D eigenvalue weighted by Crippen LogP contribution is 2.34. The van der Waals surface area contributed by atoms with E-state index in [-0.39, 0.29) is 17.8 Å². The summed E-state index contributed by atoms with van der Waals surface area (Å²) in [4.78, 5) is 4.47. The molecule has 0 aliphatic carbocycles. The molecule has 0 aromatic heterocycles. The van der Waals surface area contributed by atoms with E-state index in [1.807, 2.05) is 32.9 Å². The Balaban J connectivity index is 3.47. The van der Waals surface area contributed by atoms with Gasteiger partial charge in [0.15, 0.2) is 0 Å². The standard InChI is InChI=1S/C23H29F5N2O/c1-5-7-8-9-16(3)21(30-14-12-17(4)29-13-6-2)19-11-10-18(23(26,27)28)15-20(19)31-22(24)25/h7-12,15,22,29H,5-6,13-14H2,1-4H3/b8-7-,16-9+,17-12+,30-21?. The molecule has 1 rings (SSSR count). The molecular formula is C23H29F5N2O. The number of aliphatic imine (C=N–C) groups is 1. The minimum atomic E-state index is -4.68. The normalized spacial score (nSPS) is 13.9. The zero-order valence-electron chi connectivity index (χ0n) is 18.2. The molecule has 0 radical (unpaired) electrons. The largest absolute Gasteiger partial charge is 0.434 e. The molecule has 31 heavy (non-hydrogen) atoms. The second kappa shape index (κ2) is 12.9. The second-order valence-electron chi connectivity index (χ2n) is 6.78. The fourth-order valence-corrected chi connectivity index (χ4v) is 2.61. The van der Waals surface area contributed by atoms with Crippen molar-refractivity contribution in [1.82, 2.24) is 5.32 Å². The zero-order chi connectivity index (χ0) is 23.4. The fourth-order valence-electron chi connectivity index (χ4n) is 2.61. The van der Waals surface area contributed by atoms with Crippen molar-refractivity contribution in [3.8, 4) is 5.75 Å². The van der Waals surface area contributed by atoms with Crippen LogP contribution in [0.15, 0.2) is 58.8 Å². The van der Waals surface area contributed by atoms with E-state index in [1.165, 1.54) is 0 Å². The lowest BCUT2D eigenvalue weighted by Crippen LogP contribution is -2.14. The Kier molecular flexibility index (Phi) is 11.0. The average Bonchev–Trinajstić information content (AvgIpc) is 2.69. The number of nitrogens with zero attached hydrogens (tertiary/aromatic N) is 1. The van der Waals surface area contributed by atoms with Gasteiger partial charge in [-0.3, -0.25) is 4.99 Å². The number of ether oxygens (including phenoxy) is 1. The molecule has 1 aromatic rings. The van der Waals surface area contributed by atoms with Crippen LogP contribution in [0.4, 0.5) is 22.0 Å². The molecule has 3 nitrogen and oxygen atoms in total. The molecule has 172 valence electrons. The number of benzene rings is 1. The lowest BCUT2D eigenvalue weighted by atomic mass is 10.00. The van der Waals surface area contributed by atoms with Crippen LogP contribution in [0.1, 0.15) is 51.7 Å². The molecule has 0 spiro atoms. The van der Waals surface area contributed by atoms with Crippen LogP contribution in [-0.4, -0.2) is 25.4 Å². The number of allylic oxidation sites excluding steroid dienone is 5. The van der Waals surface area contributed by atoms with Crippen LogP contribution < -0.4 is 10.1 Å². The maximum atomic E-state index is 13.1. The summed E-state index contributed by atoms with van der Waals surface area (Å²) in [6, 6.07) is 2.53. The molecule has 0 saturated heterocycles. The van der Waals surface area contributed by atoms with E-state index in [0.717, 1.165) is 37.2 Å². The van der Waals surface area contributed by atoms with Crippen molar-refractivity contribution in [2.75, 3.05) is 13.1 Å². The summed E-state index contributed by atoms with van der Waals surface area (Å²) < 4.78 is 69.6. The molecule has 0 atom stereocenters. The highest BCUT2D eigenvalue weighted by Gasteiger charge is 2.32. The molecule has 0 aliphatic rings. The van der Waals surface area contributed by atoms with Crippen LogP contribution in [0.3, 0.4) is 0 Å². The maximum Gasteiger partial charge on any atom is 0.416 e. The quantitative estimate of drug-likeness (QED) is 0.229. The van der Waals surface area contributed by atoms with Gasteiger partial charge in [-0.15, -0.1) is 0 Å². The number of rotatable bonds is 11.